The van der Waals surface area contributed by atoms with E-state index >= 15 is 0 Å². The number of urea groups is 1. The number of aliphatic hydroxyl groups is 1. The second-order valence-electron chi connectivity index (χ2n) is 5.88. The Balaban J connectivity index is 1.72. The highest BCUT2D eigenvalue weighted by Gasteiger charge is 2.39. The van der Waals surface area contributed by atoms with Crippen LogP contribution in [-0.4, -0.2) is 24.4 Å². The number of amides is 2. The van der Waals surface area contributed by atoms with Crippen molar-refractivity contribution in [3.05, 3.63) is 59.7 Å². The van der Waals surface area contributed by atoms with Crippen molar-refractivity contribution in [1.29, 1.82) is 0 Å². The smallest absolute Gasteiger partial charge is 0.387 e. The number of aryl methyl sites for hydroxylation is 1. The van der Waals surface area contributed by atoms with Gasteiger partial charge < -0.3 is 20.5 Å². The zero-order valence-corrected chi connectivity index (χ0v) is 13.3. The lowest BCUT2D eigenvalue weighted by Crippen LogP contribution is -2.48. The first-order valence-electron chi connectivity index (χ1n) is 7.86. The molecule has 2 aromatic rings. The minimum atomic E-state index is -2.93. The molecule has 0 radical (unpaired) electrons. The van der Waals surface area contributed by atoms with Crippen LogP contribution in [0.2, 0.25) is 0 Å². The molecule has 1 unspecified atom stereocenters. The molecule has 1 atom stereocenters. The number of fused-ring (bicyclic) bond motifs is 1. The Morgan fingerprint density at radius 3 is 2.80 bits per heavy atom. The highest BCUT2D eigenvalue weighted by molar-refractivity contribution is 5.90. The van der Waals surface area contributed by atoms with Gasteiger partial charge in [-0.2, -0.15) is 8.78 Å². The lowest BCUT2D eigenvalue weighted by molar-refractivity contribution is -0.0497. The van der Waals surface area contributed by atoms with Crippen molar-refractivity contribution in [2.45, 2.75) is 25.0 Å². The molecule has 0 saturated carbocycles. The van der Waals surface area contributed by atoms with Crippen LogP contribution in [0.25, 0.3) is 0 Å². The van der Waals surface area contributed by atoms with Crippen molar-refractivity contribution >= 4 is 11.7 Å². The highest BCUT2D eigenvalue weighted by atomic mass is 19.3. The molecule has 2 amide bonds. The first-order valence-corrected chi connectivity index (χ1v) is 7.86. The van der Waals surface area contributed by atoms with Crippen molar-refractivity contribution in [3.63, 3.8) is 0 Å². The third kappa shape index (κ3) is 3.71. The van der Waals surface area contributed by atoms with Gasteiger partial charge in [0.25, 0.3) is 0 Å². The van der Waals surface area contributed by atoms with E-state index in [4.69, 9.17) is 0 Å². The molecule has 2 aromatic carbocycles. The maximum Gasteiger partial charge on any atom is 0.387 e. The van der Waals surface area contributed by atoms with Gasteiger partial charge in [-0.25, -0.2) is 4.79 Å². The standard InChI is InChI=1S/C18H18F2N2O3/c19-16(20)25-14-6-3-5-13(10-14)21-17(24)22-18(11-23)9-8-12-4-1-2-7-15(12)18/h1-7,10,16,23H,8-9,11H2,(H2,21,22,24). The number of hydrogen-bond donors (Lipinski definition) is 3. The van der Waals surface area contributed by atoms with Gasteiger partial charge in [-0.1, -0.05) is 30.3 Å². The number of carbonyl (C=O) groups excluding carboxylic acids is 1. The summed E-state index contributed by atoms with van der Waals surface area (Å²) in [5, 5.41) is 15.3. The summed E-state index contributed by atoms with van der Waals surface area (Å²) in [7, 11) is 0. The fraction of sp³-hybridized carbons (Fsp3) is 0.278. The summed E-state index contributed by atoms with van der Waals surface area (Å²) in [4.78, 5) is 12.4. The number of nitrogens with one attached hydrogen (secondary N) is 2. The lowest BCUT2D eigenvalue weighted by Gasteiger charge is -2.29. The molecule has 0 aliphatic heterocycles. The Morgan fingerprint density at radius 1 is 1.24 bits per heavy atom. The molecule has 0 spiro atoms. The van der Waals surface area contributed by atoms with E-state index in [1.807, 2.05) is 24.3 Å². The minimum Gasteiger partial charge on any atom is -0.435 e. The molecule has 25 heavy (non-hydrogen) atoms. The molecule has 0 fully saturated rings. The quantitative estimate of drug-likeness (QED) is 0.777. The summed E-state index contributed by atoms with van der Waals surface area (Å²) >= 11 is 0. The summed E-state index contributed by atoms with van der Waals surface area (Å²) in [5.41, 5.74) is 1.44. The van der Waals surface area contributed by atoms with E-state index < -0.39 is 18.2 Å². The number of alkyl halides is 2. The van der Waals surface area contributed by atoms with E-state index in [1.165, 1.54) is 18.2 Å². The summed E-state index contributed by atoms with van der Waals surface area (Å²) in [6.45, 7) is -3.16. The van der Waals surface area contributed by atoms with Gasteiger partial charge in [0, 0.05) is 11.8 Å². The van der Waals surface area contributed by atoms with Crippen molar-refractivity contribution in [3.8, 4) is 5.75 Å². The lowest BCUT2D eigenvalue weighted by atomic mass is 9.93. The van der Waals surface area contributed by atoms with Crippen molar-refractivity contribution in [1.82, 2.24) is 5.32 Å². The van der Waals surface area contributed by atoms with Crippen LogP contribution < -0.4 is 15.4 Å². The molecule has 3 rings (SSSR count). The Kier molecular flexibility index (Phi) is 4.85. The van der Waals surface area contributed by atoms with E-state index in [9.17, 15) is 18.7 Å². The number of anilines is 1. The van der Waals surface area contributed by atoms with Crippen LogP contribution >= 0.6 is 0 Å². The van der Waals surface area contributed by atoms with Crippen LogP contribution in [0.4, 0.5) is 19.3 Å². The Labute approximate surface area is 143 Å². The van der Waals surface area contributed by atoms with Crippen LogP contribution in [-0.2, 0) is 12.0 Å². The first-order chi connectivity index (χ1) is 12.0. The second kappa shape index (κ2) is 7.06. The van der Waals surface area contributed by atoms with Gasteiger partial charge in [0.2, 0.25) is 0 Å². The average Bonchev–Trinajstić information content (AvgIpc) is 2.94. The fourth-order valence-electron chi connectivity index (χ4n) is 3.15. The van der Waals surface area contributed by atoms with Crippen molar-refractivity contribution in [2.75, 3.05) is 11.9 Å². The number of halogens is 2. The Bertz CT molecular complexity index is 769. The summed E-state index contributed by atoms with van der Waals surface area (Å²) < 4.78 is 28.9. The molecule has 0 heterocycles. The third-order valence-corrected chi connectivity index (χ3v) is 4.29. The van der Waals surface area contributed by atoms with Crippen molar-refractivity contribution in [2.24, 2.45) is 0 Å². The predicted molar refractivity (Wildman–Crippen MR) is 88.8 cm³/mol. The van der Waals surface area contributed by atoms with Gasteiger partial charge in [-0.15, -0.1) is 0 Å². The Hall–Kier alpha value is -2.67. The Morgan fingerprint density at radius 2 is 2.04 bits per heavy atom. The summed E-state index contributed by atoms with van der Waals surface area (Å²) in [6, 6.07) is 12.8. The number of rotatable bonds is 5. The molecule has 1 aliphatic carbocycles. The highest BCUT2D eigenvalue weighted by Crippen LogP contribution is 2.36. The normalized spacial score (nSPS) is 18.7. The number of ether oxygens (including phenoxy) is 1. The van der Waals surface area contributed by atoms with E-state index in [1.54, 1.807) is 6.07 Å². The topological polar surface area (TPSA) is 70.6 Å². The van der Waals surface area contributed by atoms with E-state index in [0.717, 1.165) is 17.5 Å². The zero-order valence-electron chi connectivity index (χ0n) is 13.3. The van der Waals surface area contributed by atoms with Gasteiger partial charge in [0.15, 0.2) is 0 Å². The molecule has 1 aliphatic rings. The van der Waals surface area contributed by atoms with Gasteiger partial charge in [0.1, 0.15) is 5.75 Å². The summed E-state index contributed by atoms with van der Waals surface area (Å²) in [5.74, 6) is -0.0455. The predicted octanol–water partition coefficient (Wildman–Crippen LogP) is 3.24. The SMILES string of the molecule is O=C(Nc1cccc(OC(F)F)c1)NC1(CO)CCc2ccccc21. The second-order valence-corrected chi connectivity index (χ2v) is 5.88. The number of aliphatic hydroxyl groups excluding tert-OH is 1. The summed E-state index contributed by atoms with van der Waals surface area (Å²) in [6.07, 6.45) is 1.35. The molecule has 3 N–H and O–H groups in total. The maximum absolute atomic E-state index is 12.4. The largest absolute Gasteiger partial charge is 0.435 e. The fourth-order valence-corrected chi connectivity index (χ4v) is 3.15. The van der Waals surface area contributed by atoms with Gasteiger partial charge in [-0.05, 0) is 36.1 Å². The van der Waals surface area contributed by atoms with E-state index in [0.29, 0.717) is 12.1 Å². The van der Waals surface area contributed by atoms with Crippen molar-refractivity contribution < 1.29 is 23.4 Å². The van der Waals surface area contributed by atoms with Crippen LogP contribution in [0, 0.1) is 0 Å². The van der Waals surface area contributed by atoms with Crippen LogP contribution in [0.1, 0.15) is 17.5 Å². The average molecular weight is 348 g/mol. The van der Waals surface area contributed by atoms with Crippen LogP contribution in [0.5, 0.6) is 5.75 Å². The molecule has 0 bridgehead atoms. The van der Waals surface area contributed by atoms with E-state index in [2.05, 4.69) is 15.4 Å². The maximum atomic E-state index is 12.4. The minimum absolute atomic E-state index is 0.0455. The molecule has 0 aromatic heterocycles. The number of benzene rings is 2. The van der Waals surface area contributed by atoms with Gasteiger partial charge in [0.05, 0.1) is 12.1 Å². The molecular weight excluding hydrogens is 330 g/mol. The zero-order chi connectivity index (χ0) is 17.9. The number of hydrogen-bond acceptors (Lipinski definition) is 3. The molecular formula is C18H18F2N2O3. The number of carbonyl (C=O) groups is 1. The van der Waals surface area contributed by atoms with Gasteiger partial charge >= 0.3 is 12.6 Å². The van der Waals surface area contributed by atoms with Gasteiger partial charge in [-0.3, -0.25) is 0 Å². The molecule has 0 saturated heterocycles. The molecule has 5 nitrogen and oxygen atoms in total. The monoisotopic (exact) mass is 348 g/mol. The third-order valence-electron chi connectivity index (χ3n) is 4.29. The van der Waals surface area contributed by atoms with E-state index in [-0.39, 0.29) is 12.4 Å². The molecule has 132 valence electrons. The van der Waals surface area contributed by atoms with Crippen LogP contribution in [0.15, 0.2) is 48.5 Å². The first kappa shape index (κ1) is 17.2. The van der Waals surface area contributed by atoms with Crippen LogP contribution in [0.3, 0.4) is 0 Å². The molecule has 7 heteroatoms.